The maximum absolute atomic E-state index is 13.5. The number of nitrogens with zero attached hydrogens (tertiary/aromatic N) is 4. The second kappa shape index (κ2) is 8.21. The lowest BCUT2D eigenvalue weighted by Crippen LogP contribution is -2.37. The molecule has 2 aromatic rings. The lowest BCUT2D eigenvalue weighted by molar-refractivity contribution is -0.126. The largest absolute Gasteiger partial charge is 0.492 e. The fourth-order valence-corrected chi connectivity index (χ4v) is 4.05. The molecule has 11 heteroatoms. The van der Waals surface area contributed by atoms with Crippen molar-refractivity contribution in [2.75, 3.05) is 13.1 Å². The van der Waals surface area contributed by atoms with E-state index in [2.05, 4.69) is 10.4 Å². The molecule has 4 rings (SSSR count). The predicted octanol–water partition coefficient (Wildman–Crippen LogP) is 2.33. The van der Waals surface area contributed by atoms with Crippen molar-refractivity contribution in [2.45, 2.75) is 65.5 Å². The molecule has 0 atom stereocenters. The summed E-state index contributed by atoms with van der Waals surface area (Å²) in [5.74, 6) is -4.73. The van der Waals surface area contributed by atoms with Crippen LogP contribution < -0.4 is 10.9 Å². The third-order valence-corrected chi connectivity index (χ3v) is 5.87. The molecule has 184 valence electrons. The Hall–Kier alpha value is -3.24. The number of carbonyl (C=O) groups excluding carboxylic acids is 2. The minimum atomic E-state index is -2.90. The van der Waals surface area contributed by atoms with Crippen molar-refractivity contribution < 1.29 is 23.5 Å². The first-order valence-electron chi connectivity index (χ1n) is 11.3. The molecule has 9 nitrogen and oxygen atoms in total. The fraction of sp³-hybridized carbons (Fsp3) is 0.565. The van der Waals surface area contributed by atoms with Crippen molar-refractivity contribution in [2.24, 2.45) is 5.41 Å². The smallest absolute Gasteiger partial charge is 0.270 e. The number of hydrogen-bond donors (Lipinski definition) is 2. The van der Waals surface area contributed by atoms with Crippen LogP contribution in [0.5, 0.6) is 5.88 Å². The lowest BCUT2D eigenvalue weighted by atomic mass is 9.96. The number of aryl methyl sites for hydroxylation is 1. The molecule has 1 saturated heterocycles. The van der Waals surface area contributed by atoms with Crippen LogP contribution in [0.25, 0.3) is 11.7 Å². The first kappa shape index (κ1) is 23.9. The van der Waals surface area contributed by atoms with Gasteiger partial charge >= 0.3 is 0 Å². The summed E-state index contributed by atoms with van der Waals surface area (Å²) in [6.45, 7) is 6.92. The highest BCUT2D eigenvalue weighted by Gasteiger charge is 2.39. The Bertz CT molecular complexity index is 1250. The second-order valence-electron chi connectivity index (χ2n) is 10.3. The Labute approximate surface area is 195 Å². The van der Waals surface area contributed by atoms with Gasteiger partial charge in [0, 0.05) is 37.2 Å². The van der Waals surface area contributed by atoms with Gasteiger partial charge in [0.15, 0.2) is 5.56 Å². The highest BCUT2D eigenvalue weighted by atomic mass is 19.3. The van der Waals surface area contributed by atoms with Crippen molar-refractivity contribution in [1.29, 1.82) is 0 Å². The number of alkyl halides is 2. The van der Waals surface area contributed by atoms with Gasteiger partial charge in [0.05, 0.1) is 12.2 Å². The van der Waals surface area contributed by atoms with Gasteiger partial charge in [-0.2, -0.15) is 9.61 Å². The lowest BCUT2D eigenvalue weighted by Gasteiger charge is -2.22. The first-order chi connectivity index (χ1) is 15.8. The van der Waals surface area contributed by atoms with Crippen LogP contribution in [0.2, 0.25) is 0 Å². The number of nitrogens with one attached hydrogen (secondary N) is 1. The summed E-state index contributed by atoms with van der Waals surface area (Å²) in [7, 11) is 0. The highest BCUT2D eigenvalue weighted by molar-refractivity contribution is 5.97. The van der Waals surface area contributed by atoms with Crippen LogP contribution in [0, 0.1) is 12.3 Å². The van der Waals surface area contributed by atoms with E-state index in [-0.39, 0.29) is 36.6 Å². The first-order valence-corrected chi connectivity index (χ1v) is 11.3. The van der Waals surface area contributed by atoms with Crippen LogP contribution in [0.1, 0.15) is 61.6 Å². The predicted molar refractivity (Wildman–Crippen MR) is 121 cm³/mol. The zero-order valence-corrected chi connectivity index (χ0v) is 19.7. The van der Waals surface area contributed by atoms with E-state index in [1.165, 1.54) is 16.7 Å². The Kier molecular flexibility index (Phi) is 5.77. The summed E-state index contributed by atoms with van der Waals surface area (Å²) >= 11 is 0. The Balaban J connectivity index is 1.82. The second-order valence-corrected chi connectivity index (χ2v) is 10.3. The van der Waals surface area contributed by atoms with Gasteiger partial charge in [-0.3, -0.25) is 19.0 Å². The van der Waals surface area contributed by atoms with Crippen LogP contribution in [-0.4, -0.2) is 61.1 Å². The topological polar surface area (TPSA) is 109 Å². The number of aromatic nitrogens is 3. The average molecular weight is 478 g/mol. The Morgan fingerprint density at radius 2 is 1.97 bits per heavy atom. The van der Waals surface area contributed by atoms with E-state index in [1.807, 2.05) is 20.8 Å². The van der Waals surface area contributed by atoms with Crippen molar-refractivity contribution >= 4 is 23.5 Å². The standard InChI is InChI=1S/C23H29F2N5O4/c1-13-15(7-8-16(31)28-10-9-23(24,25)12-28)19-29(11-22(2,3)4)20(33)17(21(34)30(19)27-13)18(32)26-14-5-6-14/h7-8,14,34H,5-6,9-12H2,1-4H3,(H,26,32). The number of halogens is 2. The summed E-state index contributed by atoms with van der Waals surface area (Å²) in [5, 5.41) is 17.9. The molecule has 0 unspecified atom stereocenters. The molecular weight excluding hydrogens is 448 g/mol. The minimum Gasteiger partial charge on any atom is -0.492 e. The van der Waals surface area contributed by atoms with Crippen LogP contribution >= 0.6 is 0 Å². The third-order valence-electron chi connectivity index (χ3n) is 5.87. The molecule has 0 radical (unpaired) electrons. The maximum atomic E-state index is 13.5. The van der Waals surface area contributed by atoms with Crippen LogP contribution in [0.3, 0.4) is 0 Å². The van der Waals surface area contributed by atoms with E-state index in [0.29, 0.717) is 11.3 Å². The molecule has 34 heavy (non-hydrogen) atoms. The van der Waals surface area contributed by atoms with E-state index in [1.54, 1.807) is 6.92 Å². The number of hydrogen-bond acceptors (Lipinski definition) is 5. The molecule has 0 aromatic carbocycles. The van der Waals surface area contributed by atoms with Crippen molar-refractivity contribution in [1.82, 2.24) is 24.4 Å². The quantitative estimate of drug-likeness (QED) is 0.643. The highest BCUT2D eigenvalue weighted by Crippen LogP contribution is 2.29. The summed E-state index contributed by atoms with van der Waals surface area (Å²) in [4.78, 5) is 39.7. The number of likely N-dealkylation sites (tertiary alicyclic amines) is 1. The number of carbonyl (C=O) groups is 2. The van der Waals surface area contributed by atoms with Gasteiger partial charge in [-0.1, -0.05) is 20.8 Å². The Morgan fingerprint density at radius 3 is 2.53 bits per heavy atom. The van der Waals surface area contributed by atoms with Crippen LogP contribution in [0.4, 0.5) is 8.78 Å². The van der Waals surface area contributed by atoms with Crippen molar-refractivity contribution in [3.63, 3.8) is 0 Å². The summed E-state index contributed by atoms with van der Waals surface area (Å²) < 4.78 is 29.5. The van der Waals surface area contributed by atoms with E-state index >= 15 is 0 Å². The molecule has 1 aliphatic heterocycles. The third kappa shape index (κ3) is 4.69. The molecule has 0 spiro atoms. The average Bonchev–Trinajstić information content (AvgIpc) is 3.35. The van der Waals surface area contributed by atoms with Crippen LogP contribution in [-0.2, 0) is 11.3 Å². The zero-order chi connectivity index (χ0) is 25.0. The van der Waals surface area contributed by atoms with Gasteiger partial charge < -0.3 is 15.3 Å². The molecule has 2 N–H and O–H groups in total. The van der Waals surface area contributed by atoms with E-state index in [4.69, 9.17) is 0 Å². The molecule has 2 fully saturated rings. The number of aromatic hydroxyl groups is 1. The van der Waals surface area contributed by atoms with E-state index in [9.17, 15) is 28.3 Å². The zero-order valence-electron chi connectivity index (χ0n) is 19.7. The molecular formula is C23H29F2N5O4. The van der Waals surface area contributed by atoms with Gasteiger partial charge in [-0.15, -0.1) is 0 Å². The monoisotopic (exact) mass is 477 g/mol. The van der Waals surface area contributed by atoms with Gasteiger partial charge in [0.1, 0.15) is 5.65 Å². The van der Waals surface area contributed by atoms with Gasteiger partial charge in [-0.05, 0) is 31.3 Å². The molecule has 1 saturated carbocycles. The Morgan fingerprint density at radius 1 is 1.29 bits per heavy atom. The van der Waals surface area contributed by atoms with Gasteiger partial charge in [0.2, 0.25) is 11.8 Å². The van der Waals surface area contributed by atoms with Gasteiger partial charge in [-0.25, -0.2) is 8.78 Å². The minimum absolute atomic E-state index is 0.0140. The number of fused-ring (bicyclic) bond motifs is 1. The molecule has 0 bridgehead atoms. The SMILES string of the molecule is Cc1nn2c(O)c(C(=O)NC3CC3)c(=O)n(CC(C)(C)C)c2c1C=CC(=O)N1CCC(F)(F)C1. The molecule has 3 heterocycles. The van der Waals surface area contributed by atoms with Crippen molar-refractivity contribution in [3.8, 4) is 5.88 Å². The van der Waals surface area contributed by atoms with Gasteiger partial charge in [0.25, 0.3) is 17.4 Å². The van der Waals surface area contributed by atoms with E-state index < -0.39 is 41.3 Å². The molecule has 1 aliphatic carbocycles. The number of amides is 2. The fourth-order valence-electron chi connectivity index (χ4n) is 4.05. The van der Waals surface area contributed by atoms with Crippen LogP contribution in [0.15, 0.2) is 10.9 Å². The molecule has 2 aliphatic rings. The van der Waals surface area contributed by atoms with Crippen molar-refractivity contribution in [3.05, 3.63) is 33.3 Å². The normalized spacial score (nSPS) is 18.2. The number of rotatable bonds is 5. The summed E-state index contributed by atoms with van der Waals surface area (Å²) in [6.07, 6.45) is 3.84. The van der Waals surface area contributed by atoms with E-state index in [0.717, 1.165) is 22.3 Å². The molecule has 2 aromatic heterocycles. The molecule has 2 amide bonds. The summed E-state index contributed by atoms with van der Waals surface area (Å²) in [5.41, 5.74) is -0.441. The summed E-state index contributed by atoms with van der Waals surface area (Å²) in [6, 6.07) is -0.0140. The maximum Gasteiger partial charge on any atom is 0.270 e.